The van der Waals surface area contributed by atoms with E-state index < -0.39 is 0 Å². The van der Waals surface area contributed by atoms with Crippen LogP contribution in [0.2, 0.25) is 5.02 Å². The average molecular weight is 316 g/mol. The van der Waals surface area contributed by atoms with Gasteiger partial charge in [-0.2, -0.15) is 0 Å². The zero-order valence-corrected chi connectivity index (χ0v) is 13.1. The Hall–Kier alpha value is -0.930. The Bertz CT molecular complexity index is 475. The van der Waals surface area contributed by atoms with Crippen LogP contribution in [0, 0.1) is 0 Å². The van der Waals surface area contributed by atoms with Crippen LogP contribution in [0.25, 0.3) is 0 Å². The Balaban J connectivity index is 2.21. The van der Waals surface area contributed by atoms with Gasteiger partial charge in [0.25, 0.3) is 5.91 Å². The second kappa shape index (κ2) is 7.19. The zero-order chi connectivity index (χ0) is 14.5. The van der Waals surface area contributed by atoms with Crippen LogP contribution >= 0.6 is 23.2 Å². The second-order valence-electron chi connectivity index (χ2n) is 4.97. The minimum Gasteiger partial charge on any atom is -0.496 e. The third kappa shape index (κ3) is 3.39. The number of carbonyl (C=O) groups is 1. The zero-order valence-electron chi connectivity index (χ0n) is 11.6. The first-order chi connectivity index (χ1) is 9.67. The smallest absolute Gasteiger partial charge is 0.257 e. The summed E-state index contributed by atoms with van der Waals surface area (Å²) >= 11 is 11.7. The molecule has 1 amide bonds. The molecule has 0 bridgehead atoms. The highest BCUT2D eigenvalue weighted by molar-refractivity contribution is 6.30. The number of nitrogens with zero attached hydrogens (tertiary/aromatic N) is 1. The van der Waals surface area contributed by atoms with E-state index in [0.29, 0.717) is 34.8 Å². The van der Waals surface area contributed by atoms with E-state index in [1.165, 1.54) is 6.42 Å². The van der Waals surface area contributed by atoms with Crippen LogP contribution in [-0.2, 0) is 0 Å². The molecule has 0 saturated heterocycles. The number of amides is 1. The molecule has 2 rings (SSSR count). The first-order valence-electron chi connectivity index (χ1n) is 6.88. The maximum Gasteiger partial charge on any atom is 0.257 e. The standard InChI is InChI=1S/C15H19Cl2NO2/c1-20-14-10-11(17)6-7-13(14)15(19)18(9-3-8-16)12-4-2-5-12/h6-7,10,12H,2-5,8-9H2,1H3. The lowest BCUT2D eigenvalue weighted by Crippen LogP contribution is -2.45. The van der Waals surface area contributed by atoms with E-state index in [-0.39, 0.29) is 5.91 Å². The molecule has 1 aliphatic rings. The van der Waals surface area contributed by atoms with Gasteiger partial charge in [0.1, 0.15) is 5.75 Å². The van der Waals surface area contributed by atoms with Crippen LogP contribution in [0.15, 0.2) is 18.2 Å². The summed E-state index contributed by atoms with van der Waals surface area (Å²) in [5, 5.41) is 0.564. The van der Waals surface area contributed by atoms with Crippen molar-refractivity contribution in [1.82, 2.24) is 4.90 Å². The van der Waals surface area contributed by atoms with Crippen molar-refractivity contribution in [3.05, 3.63) is 28.8 Å². The number of methoxy groups -OCH3 is 1. The van der Waals surface area contributed by atoms with E-state index in [4.69, 9.17) is 27.9 Å². The Morgan fingerprint density at radius 3 is 2.75 bits per heavy atom. The highest BCUT2D eigenvalue weighted by atomic mass is 35.5. The van der Waals surface area contributed by atoms with Gasteiger partial charge >= 0.3 is 0 Å². The van der Waals surface area contributed by atoms with Gasteiger partial charge in [0.05, 0.1) is 12.7 Å². The van der Waals surface area contributed by atoms with Gasteiger partial charge in [0, 0.05) is 23.5 Å². The van der Waals surface area contributed by atoms with Gasteiger partial charge in [-0.05, 0) is 43.9 Å². The second-order valence-corrected chi connectivity index (χ2v) is 5.78. The van der Waals surface area contributed by atoms with Gasteiger partial charge in [-0.25, -0.2) is 0 Å². The van der Waals surface area contributed by atoms with E-state index >= 15 is 0 Å². The number of carbonyl (C=O) groups excluding carboxylic acids is 1. The summed E-state index contributed by atoms with van der Waals surface area (Å²) < 4.78 is 5.28. The summed E-state index contributed by atoms with van der Waals surface area (Å²) in [5.74, 6) is 1.10. The predicted octanol–water partition coefficient (Wildman–Crippen LogP) is 3.97. The van der Waals surface area contributed by atoms with Crippen molar-refractivity contribution in [3.8, 4) is 5.75 Å². The van der Waals surface area contributed by atoms with Crippen LogP contribution in [0.4, 0.5) is 0 Å². The molecule has 0 heterocycles. The summed E-state index contributed by atoms with van der Waals surface area (Å²) in [6.45, 7) is 0.693. The molecule has 1 aromatic rings. The molecule has 0 unspecified atom stereocenters. The minimum absolute atomic E-state index is 0.00772. The monoisotopic (exact) mass is 315 g/mol. The molecule has 3 nitrogen and oxygen atoms in total. The van der Waals surface area contributed by atoms with Gasteiger partial charge in [-0.1, -0.05) is 11.6 Å². The molecular weight excluding hydrogens is 297 g/mol. The molecule has 1 saturated carbocycles. The van der Waals surface area contributed by atoms with E-state index in [9.17, 15) is 4.79 Å². The molecule has 0 radical (unpaired) electrons. The van der Waals surface area contributed by atoms with Crippen molar-refractivity contribution < 1.29 is 9.53 Å². The molecule has 0 spiro atoms. The molecule has 1 aromatic carbocycles. The lowest BCUT2D eigenvalue weighted by molar-refractivity contribution is 0.0577. The van der Waals surface area contributed by atoms with Crippen LogP contribution in [0.3, 0.4) is 0 Å². The van der Waals surface area contributed by atoms with Crippen molar-refractivity contribution in [2.24, 2.45) is 0 Å². The fraction of sp³-hybridized carbons (Fsp3) is 0.533. The van der Waals surface area contributed by atoms with Crippen LogP contribution in [-0.4, -0.2) is 36.4 Å². The predicted molar refractivity (Wildman–Crippen MR) is 82.0 cm³/mol. The highest BCUT2D eigenvalue weighted by Gasteiger charge is 2.30. The lowest BCUT2D eigenvalue weighted by atomic mass is 9.90. The molecule has 0 aromatic heterocycles. The Kier molecular flexibility index (Phi) is 5.55. The number of halogens is 2. The van der Waals surface area contributed by atoms with Crippen molar-refractivity contribution in [2.75, 3.05) is 19.5 Å². The van der Waals surface area contributed by atoms with Crippen LogP contribution in [0.5, 0.6) is 5.75 Å². The van der Waals surface area contributed by atoms with E-state index in [2.05, 4.69) is 0 Å². The first kappa shape index (κ1) is 15.5. The molecule has 1 aliphatic carbocycles. The molecule has 5 heteroatoms. The first-order valence-corrected chi connectivity index (χ1v) is 7.79. The third-order valence-corrected chi connectivity index (χ3v) is 4.21. The Labute approximate surface area is 129 Å². The number of ether oxygens (including phenoxy) is 1. The summed E-state index contributed by atoms with van der Waals surface area (Å²) in [6.07, 6.45) is 4.14. The summed E-state index contributed by atoms with van der Waals surface area (Å²) in [4.78, 5) is 14.7. The Morgan fingerprint density at radius 1 is 1.45 bits per heavy atom. The lowest BCUT2D eigenvalue weighted by Gasteiger charge is -2.37. The van der Waals surface area contributed by atoms with Crippen LogP contribution < -0.4 is 4.74 Å². The fourth-order valence-electron chi connectivity index (χ4n) is 2.37. The number of hydrogen-bond acceptors (Lipinski definition) is 2. The molecule has 110 valence electrons. The third-order valence-electron chi connectivity index (χ3n) is 3.70. The van der Waals surface area contributed by atoms with Crippen molar-refractivity contribution >= 4 is 29.1 Å². The van der Waals surface area contributed by atoms with Crippen LogP contribution in [0.1, 0.15) is 36.0 Å². The molecule has 1 fully saturated rings. The molecular formula is C15H19Cl2NO2. The molecule has 20 heavy (non-hydrogen) atoms. The van der Waals surface area contributed by atoms with Gasteiger partial charge in [0.15, 0.2) is 0 Å². The maximum atomic E-state index is 12.7. The van der Waals surface area contributed by atoms with Gasteiger partial charge in [-0.15, -0.1) is 11.6 Å². The SMILES string of the molecule is COc1cc(Cl)ccc1C(=O)N(CCCCl)C1CCC1. The quantitative estimate of drug-likeness (QED) is 0.743. The number of hydrogen-bond donors (Lipinski definition) is 0. The van der Waals surface area contributed by atoms with E-state index in [0.717, 1.165) is 19.3 Å². The topological polar surface area (TPSA) is 29.5 Å². The van der Waals surface area contributed by atoms with Crippen molar-refractivity contribution in [2.45, 2.75) is 31.7 Å². The summed E-state index contributed by atoms with van der Waals surface area (Å²) in [5.41, 5.74) is 0.568. The van der Waals surface area contributed by atoms with Crippen molar-refractivity contribution in [1.29, 1.82) is 0 Å². The number of alkyl halides is 1. The normalized spacial score (nSPS) is 14.8. The van der Waals surface area contributed by atoms with Gasteiger partial charge in [0.2, 0.25) is 0 Å². The molecule has 0 aliphatic heterocycles. The number of benzene rings is 1. The Morgan fingerprint density at radius 2 is 2.20 bits per heavy atom. The summed E-state index contributed by atoms with van der Waals surface area (Å²) in [6, 6.07) is 5.47. The minimum atomic E-state index is 0.00772. The van der Waals surface area contributed by atoms with E-state index in [1.54, 1.807) is 25.3 Å². The largest absolute Gasteiger partial charge is 0.496 e. The van der Waals surface area contributed by atoms with E-state index in [1.807, 2.05) is 4.90 Å². The van der Waals surface area contributed by atoms with Crippen molar-refractivity contribution in [3.63, 3.8) is 0 Å². The average Bonchev–Trinajstić information content (AvgIpc) is 2.40. The highest BCUT2D eigenvalue weighted by Crippen LogP contribution is 2.30. The maximum absolute atomic E-state index is 12.7. The summed E-state index contributed by atoms with van der Waals surface area (Å²) in [7, 11) is 1.55. The molecule has 0 N–H and O–H groups in total. The molecule has 0 atom stereocenters. The number of rotatable bonds is 6. The van der Waals surface area contributed by atoms with Gasteiger partial charge < -0.3 is 9.64 Å². The fourth-order valence-corrected chi connectivity index (χ4v) is 2.66. The van der Waals surface area contributed by atoms with Gasteiger partial charge in [-0.3, -0.25) is 4.79 Å².